The summed E-state index contributed by atoms with van der Waals surface area (Å²) in [5.41, 5.74) is 0.706. The van der Waals surface area contributed by atoms with E-state index in [0.29, 0.717) is 51.3 Å². The Bertz CT molecular complexity index is 1250. The van der Waals surface area contributed by atoms with Crippen LogP contribution in [0.25, 0.3) is 11.0 Å². The van der Waals surface area contributed by atoms with Crippen molar-refractivity contribution >= 4 is 44.8 Å². The fraction of sp³-hybridized carbons (Fsp3) is 0.364. The highest BCUT2D eigenvalue weighted by atomic mass is 79.9. The largest absolute Gasteiger partial charge is 0.739 e. The van der Waals surface area contributed by atoms with Crippen LogP contribution >= 0.6 is 15.9 Å². The Kier molecular flexibility index (Phi) is 7.44. The number of benzene rings is 1. The molecule has 0 bridgehead atoms. The quantitative estimate of drug-likeness (QED) is 0.263. The number of hydrogen-bond acceptors (Lipinski definition) is 9. The third-order valence-electron chi connectivity index (χ3n) is 5.58. The number of carbonyl (C=O) groups excluding carboxylic acids is 2. The van der Waals surface area contributed by atoms with E-state index in [4.69, 9.17) is 9.47 Å². The Labute approximate surface area is 208 Å². The Morgan fingerprint density at radius 1 is 1.20 bits per heavy atom. The minimum absolute atomic E-state index is 0.0203. The highest BCUT2D eigenvalue weighted by molar-refractivity contribution is 9.10. The Balaban J connectivity index is 1.25. The van der Waals surface area contributed by atoms with Crippen LogP contribution in [0.2, 0.25) is 0 Å². The summed E-state index contributed by atoms with van der Waals surface area (Å²) in [5.74, 6) is -0.298. The topological polar surface area (TPSA) is 148 Å². The molecule has 0 saturated carbocycles. The van der Waals surface area contributed by atoms with Crippen molar-refractivity contribution in [2.45, 2.75) is 25.4 Å². The first-order valence-electron chi connectivity index (χ1n) is 10.9. The van der Waals surface area contributed by atoms with Gasteiger partial charge in [0.15, 0.2) is 5.52 Å². The summed E-state index contributed by atoms with van der Waals surface area (Å²) in [6.07, 6.45) is 3.73. The number of rotatable bonds is 7. The highest BCUT2D eigenvalue weighted by Crippen LogP contribution is 2.19. The third kappa shape index (κ3) is 5.67. The summed E-state index contributed by atoms with van der Waals surface area (Å²) >= 11 is 3.25. The van der Waals surface area contributed by atoms with Gasteiger partial charge < -0.3 is 24.8 Å². The fourth-order valence-corrected chi connectivity index (χ4v) is 4.10. The van der Waals surface area contributed by atoms with Crippen LogP contribution in [0.4, 0.5) is 5.95 Å². The molecule has 13 heteroatoms. The first-order valence-corrected chi connectivity index (χ1v) is 11.7. The van der Waals surface area contributed by atoms with Gasteiger partial charge in [-0.1, -0.05) is 15.9 Å². The van der Waals surface area contributed by atoms with E-state index in [1.54, 1.807) is 17.0 Å². The van der Waals surface area contributed by atoms with Gasteiger partial charge in [0, 0.05) is 47.5 Å². The van der Waals surface area contributed by atoms with Crippen LogP contribution in [0.3, 0.4) is 0 Å². The van der Waals surface area contributed by atoms with Crippen molar-refractivity contribution < 1.29 is 28.6 Å². The highest BCUT2D eigenvalue weighted by Gasteiger charge is 2.27. The van der Waals surface area contributed by atoms with Crippen LogP contribution in [0.5, 0.6) is 5.75 Å². The lowest BCUT2D eigenvalue weighted by atomic mass is 10.1. The molecule has 4 rings (SSSR count). The van der Waals surface area contributed by atoms with Gasteiger partial charge in [-0.25, -0.2) is 4.73 Å². The molecule has 2 aromatic heterocycles. The number of likely N-dealkylation sites (tertiary alicyclic amines) is 1. The van der Waals surface area contributed by atoms with Gasteiger partial charge in [-0.15, -0.1) is 0 Å². The van der Waals surface area contributed by atoms with E-state index in [0.717, 1.165) is 0 Å². The summed E-state index contributed by atoms with van der Waals surface area (Å²) in [6, 6.07) is 6.28. The van der Waals surface area contributed by atoms with E-state index in [1.165, 1.54) is 31.6 Å². The van der Waals surface area contributed by atoms with Crippen LogP contribution in [-0.2, 0) is 9.53 Å². The molecule has 1 amide bonds. The number of pyridine rings is 1. The lowest BCUT2D eigenvalue weighted by Crippen LogP contribution is -2.44. The summed E-state index contributed by atoms with van der Waals surface area (Å²) in [6.45, 7) is 0.961. The summed E-state index contributed by atoms with van der Waals surface area (Å²) < 4.78 is 11.8. The second-order valence-corrected chi connectivity index (χ2v) is 8.81. The smallest absolute Gasteiger partial charge is 0.460 e. The minimum atomic E-state index is -0.448. The number of aromatic nitrogens is 4. The second kappa shape index (κ2) is 10.7. The number of nitrogens with zero attached hydrogens (tertiary/aromatic N) is 5. The van der Waals surface area contributed by atoms with Crippen molar-refractivity contribution in [1.82, 2.24) is 15.0 Å². The van der Waals surface area contributed by atoms with Crippen LogP contribution in [-0.4, -0.2) is 59.7 Å². The fourth-order valence-electron chi connectivity index (χ4n) is 3.75. The monoisotopic (exact) mass is 546 g/mol. The van der Waals surface area contributed by atoms with Crippen LogP contribution < -0.4 is 19.6 Å². The maximum Gasteiger partial charge on any atom is 0.460 e. The molecular formula is C22H23BrN6O6. The van der Waals surface area contributed by atoms with Crippen molar-refractivity contribution in [2.24, 2.45) is 0 Å². The Hall–Kier alpha value is -3.74. The molecule has 35 heavy (non-hydrogen) atoms. The van der Waals surface area contributed by atoms with E-state index < -0.39 is 5.97 Å². The lowest BCUT2D eigenvalue weighted by Gasteiger charge is -2.31. The molecule has 0 atom stereocenters. The molecule has 0 aliphatic carbocycles. The first-order chi connectivity index (χ1) is 16.9. The van der Waals surface area contributed by atoms with Crippen LogP contribution in [0, 0.1) is 10.4 Å². The van der Waals surface area contributed by atoms with E-state index >= 15 is 0 Å². The Morgan fingerprint density at radius 3 is 2.71 bits per heavy atom. The number of halogens is 1. The predicted octanol–water partition coefficient (Wildman–Crippen LogP) is 1.32. The maximum absolute atomic E-state index is 12.7. The number of hydrogen-bond donors (Lipinski definition) is 1. The van der Waals surface area contributed by atoms with Gasteiger partial charge in [0.1, 0.15) is 11.9 Å². The molecule has 184 valence electrons. The predicted molar refractivity (Wildman–Crippen MR) is 126 cm³/mol. The van der Waals surface area contributed by atoms with Gasteiger partial charge in [-0.05, 0) is 18.2 Å². The average Bonchev–Trinajstić information content (AvgIpc) is 2.87. The van der Waals surface area contributed by atoms with Gasteiger partial charge in [-0.3, -0.25) is 19.9 Å². The van der Waals surface area contributed by atoms with E-state index in [-0.39, 0.29) is 42.0 Å². The number of fused-ring (bicyclic) bond motifs is 1. The van der Waals surface area contributed by atoms with Gasteiger partial charge in [-0.2, -0.15) is 0 Å². The van der Waals surface area contributed by atoms with E-state index in [9.17, 15) is 20.0 Å². The minimum Gasteiger partial charge on any atom is -0.739 e. The molecule has 1 N–H and O–H groups in total. The van der Waals surface area contributed by atoms with E-state index in [2.05, 4.69) is 31.3 Å². The van der Waals surface area contributed by atoms with Gasteiger partial charge in [0.25, 0.3) is 5.91 Å². The number of nitrogens with one attached hydrogen (secondary N) is 1. The summed E-state index contributed by atoms with van der Waals surface area (Å²) in [5, 5.41) is 31.0. The van der Waals surface area contributed by atoms with Crippen LogP contribution in [0.1, 0.15) is 29.6 Å². The van der Waals surface area contributed by atoms with Gasteiger partial charge in [0.05, 0.1) is 31.8 Å². The SMILES string of the molecule is COc1cncc(C(=O)N2CCC(OC(=O)CCNc3n[n+]([O-])c4cc(Br)ccc4[n+]3[O-])CC2)c1. The molecule has 0 unspecified atom stereocenters. The molecule has 3 aromatic rings. The van der Waals surface area contributed by atoms with Crippen molar-refractivity contribution in [1.29, 1.82) is 0 Å². The molecule has 0 radical (unpaired) electrons. The molecule has 3 heterocycles. The third-order valence-corrected chi connectivity index (χ3v) is 6.07. The van der Waals surface area contributed by atoms with Crippen molar-refractivity contribution in [3.63, 3.8) is 0 Å². The summed E-state index contributed by atoms with van der Waals surface area (Å²) in [7, 11) is 1.51. The number of carbonyl (C=O) groups is 2. The lowest BCUT2D eigenvalue weighted by molar-refractivity contribution is -0.672. The normalized spacial score (nSPS) is 14.1. The number of ether oxygens (including phenoxy) is 2. The molecule has 1 saturated heterocycles. The standard InChI is InChI=1S/C22H23BrN6O6/c1-34-17-10-14(12-24-13-17)21(31)27-8-5-16(6-9-27)35-20(30)4-7-25-22-26-29(33)19-11-15(23)2-3-18(19)28(22)32/h2-3,10-13,16H,4-9H2,1H3,(H,25,26). The van der Waals surface area contributed by atoms with Crippen molar-refractivity contribution in [3.8, 4) is 5.75 Å². The number of esters is 1. The number of piperidine rings is 1. The van der Waals surface area contributed by atoms with Gasteiger partial charge >= 0.3 is 17.4 Å². The molecule has 1 aromatic carbocycles. The molecule has 12 nitrogen and oxygen atoms in total. The van der Waals surface area contributed by atoms with E-state index in [1.807, 2.05) is 0 Å². The second-order valence-electron chi connectivity index (χ2n) is 7.90. The maximum atomic E-state index is 12.7. The number of methoxy groups -OCH3 is 1. The molecule has 1 fully saturated rings. The average molecular weight is 547 g/mol. The number of amides is 1. The first kappa shape index (κ1) is 24.4. The molecule has 1 aliphatic rings. The van der Waals surface area contributed by atoms with Crippen LogP contribution in [0.15, 0.2) is 41.1 Å². The zero-order valence-corrected chi connectivity index (χ0v) is 20.4. The zero-order chi connectivity index (χ0) is 24.9. The van der Waals surface area contributed by atoms with Crippen molar-refractivity contribution in [2.75, 3.05) is 32.1 Å². The molecular weight excluding hydrogens is 524 g/mol. The molecule has 1 aliphatic heterocycles. The number of anilines is 1. The van der Waals surface area contributed by atoms with Gasteiger partial charge in [0.2, 0.25) is 5.10 Å². The summed E-state index contributed by atoms with van der Waals surface area (Å²) in [4.78, 5) is 31.0. The zero-order valence-electron chi connectivity index (χ0n) is 18.8. The molecule has 0 spiro atoms. The van der Waals surface area contributed by atoms with Crippen molar-refractivity contribution in [3.05, 3.63) is 57.1 Å². The Morgan fingerprint density at radius 2 is 1.97 bits per heavy atom.